The average molecular weight is 299 g/mol. The van der Waals surface area contributed by atoms with Gasteiger partial charge in [-0.15, -0.1) is 0 Å². The number of halogens is 4. The minimum absolute atomic E-state index is 0.00439. The molecular formula is C13H9F4N3O. The fourth-order valence-electron chi connectivity index (χ4n) is 1.55. The Morgan fingerprint density at radius 1 is 1.19 bits per heavy atom. The maximum atomic E-state index is 13.5. The molecule has 110 valence electrons. The maximum absolute atomic E-state index is 13.5. The first-order valence-corrected chi connectivity index (χ1v) is 5.67. The Morgan fingerprint density at radius 2 is 1.90 bits per heavy atom. The maximum Gasteiger partial charge on any atom is 0.417 e. The predicted molar refractivity (Wildman–Crippen MR) is 68.0 cm³/mol. The largest absolute Gasteiger partial charge is 0.417 e. The second kappa shape index (κ2) is 5.39. The van der Waals surface area contributed by atoms with E-state index in [1.54, 1.807) is 0 Å². The minimum atomic E-state index is -4.54. The predicted octanol–water partition coefficient (Wildman–Crippen LogP) is 3.07. The molecule has 21 heavy (non-hydrogen) atoms. The van der Waals surface area contributed by atoms with E-state index in [4.69, 9.17) is 5.73 Å². The normalized spacial score (nSPS) is 11.2. The molecule has 1 heterocycles. The third-order valence-electron chi connectivity index (χ3n) is 2.61. The topological polar surface area (TPSA) is 68.0 Å². The summed E-state index contributed by atoms with van der Waals surface area (Å²) in [5.74, 6) is -1.62. The molecule has 3 N–H and O–H groups in total. The van der Waals surface area contributed by atoms with Crippen LogP contribution < -0.4 is 11.1 Å². The second-order valence-electron chi connectivity index (χ2n) is 4.09. The highest BCUT2D eigenvalue weighted by atomic mass is 19.4. The van der Waals surface area contributed by atoms with Gasteiger partial charge in [-0.2, -0.15) is 13.2 Å². The molecule has 1 aromatic heterocycles. The molecule has 0 fully saturated rings. The van der Waals surface area contributed by atoms with E-state index in [1.807, 2.05) is 0 Å². The summed E-state index contributed by atoms with van der Waals surface area (Å²) in [6, 6.07) is 5.43. The summed E-state index contributed by atoms with van der Waals surface area (Å²) >= 11 is 0. The molecule has 2 rings (SSSR count). The van der Waals surface area contributed by atoms with Crippen molar-refractivity contribution in [2.75, 3.05) is 11.1 Å². The van der Waals surface area contributed by atoms with Crippen molar-refractivity contribution >= 4 is 17.3 Å². The average Bonchev–Trinajstić information content (AvgIpc) is 2.42. The van der Waals surface area contributed by atoms with Crippen LogP contribution in [0.5, 0.6) is 0 Å². The van der Waals surface area contributed by atoms with Crippen molar-refractivity contribution in [2.45, 2.75) is 6.18 Å². The zero-order chi connectivity index (χ0) is 15.6. The molecule has 0 bridgehead atoms. The van der Waals surface area contributed by atoms with Crippen molar-refractivity contribution in [2.24, 2.45) is 0 Å². The number of alkyl halides is 3. The van der Waals surface area contributed by atoms with Gasteiger partial charge in [-0.05, 0) is 24.3 Å². The number of nitrogen functional groups attached to an aromatic ring is 1. The molecular weight excluding hydrogens is 290 g/mol. The molecule has 0 saturated heterocycles. The van der Waals surface area contributed by atoms with Crippen molar-refractivity contribution < 1.29 is 22.4 Å². The number of nitrogens with one attached hydrogen (secondary N) is 1. The Labute approximate surface area is 116 Å². The number of para-hydroxylation sites is 1. The molecule has 0 spiro atoms. The molecule has 4 nitrogen and oxygen atoms in total. The lowest BCUT2D eigenvalue weighted by Crippen LogP contribution is -2.16. The van der Waals surface area contributed by atoms with E-state index in [2.05, 4.69) is 10.3 Å². The molecule has 1 amide bonds. The van der Waals surface area contributed by atoms with Gasteiger partial charge >= 0.3 is 6.18 Å². The third kappa shape index (κ3) is 3.28. The van der Waals surface area contributed by atoms with Crippen molar-refractivity contribution in [3.63, 3.8) is 0 Å². The zero-order valence-corrected chi connectivity index (χ0v) is 10.4. The lowest BCUT2D eigenvalue weighted by Gasteiger charge is -2.09. The molecule has 0 atom stereocenters. The Balaban J connectivity index is 2.21. The smallest absolute Gasteiger partial charge is 0.397 e. The van der Waals surface area contributed by atoms with Crippen LogP contribution in [0.15, 0.2) is 36.5 Å². The first kappa shape index (κ1) is 14.8. The fourth-order valence-corrected chi connectivity index (χ4v) is 1.55. The van der Waals surface area contributed by atoms with Gasteiger partial charge in [-0.3, -0.25) is 9.78 Å². The lowest BCUT2D eigenvalue weighted by atomic mass is 10.2. The highest BCUT2D eigenvalue weighted by Crippen LogP contribution is 2.28. The number of aromatic nitrogens is 1. The second-order valence-corrected chi connectivity index (χ2v) is 4.09. The molecule has 0 radical (unpaired) electrons. The van der Waals surface area contributed by atoms with E-state index < -0.39 is 23.5 Å². The summed E-state index contributed by atoms with van der Waals surface area (Å²) in [4.78, 5) is 15.2. The van der Waals surface area contributed by atoms with Gasteiger partial charge in [0.1, 0.15) is 17.2 Å². The van der Waals surface area contributed by atoms with Gasteiger partial charge in [0.05, 0.1) is 11.3 Å². The van der Waals surface area contributed by atoms with Crippen molar-refractivity contribution in [3.8, 4) is 0 Å². The van der Waals surface area contributed by atoms with Crippen LogP contribution in [0.1, 0.15) is 16.1 Å². The Kier molecular flexibility index (Phi) is 3.79. The number of pyridine rings is 1. The van der Waals surface area contributed by atoms with E-state index in [0.717, 1.165) is 12.1 Å². The van der Waals surface area contributed by atoms with Gasteiger partial charge in [0, 0.05) is 6.20 Å². The Bertz CT molecular complexity index is 648. The summed E-state index contributed by atoms with van der Waals surface area (Å²) in [5, 5.41) is 2.17. The monoisotopic (exact) mass is 299 g/mol. The number of rotatable bonds is 2. The van der Waals surface area contributed by atoms with Crippen LogP contribution in [-0.2, 0) is 6.18 Å². The van der Waals surface area contributed by atoms with Crippen molar-refractivity contribution in [1.29, 1.82) is 0 Å². The molecule has 0 aliphatic rings. The Morgan fingerprint density at radius 3 is 2.43 bits per heavy atom. The first-order valence-electron chi connectivity index (χ1n) is 5.67. The molecule has 2 aromatic rings. The van der Waals surface area contributed by atoms with Crippen LogP contribution in [0.25, 0.3) is 0 Å². The van der Waals surface area contributed by atoms with E-state index in [9.17, 15) is 22.4 Å². The Hall–Kier alpha value is -2.64. The quantitative estimate of drug-likeness (QED) is 0.661. The van der Waals surface area contributed by atoms with Crippen LogP contribution in [0, 0.1) is 5.82 Å². The number of nitrogens with zero attached hydrogens (tertiary/aromatic N) is 1. The van der Waals surface area contributed by atoms with Crippen LogP contribution in [0.4, 0.5) is 28.9 Å². The highest BCUT2D eigenvalue weighted by molar-refractivity contribution is 6.04. The summed E-state index contributed by atoms with van der Waals surface area (Å²) in [6.07, 6.45) is -4.02. The van der Waals surface area contributed by atoms with Crippen LogP contribution in [0.2, 0.25) is 0 Å². The molecule has 8 heteroatoms. The number of anilines is 2. The summed E-state index contributed by atoms with van der Waals surface area (Å²) in [6.45, 7) is 0. The van der Waals surface area contributed by atoms with Gasteiger partial charge in [0.25, 0.3) is 5.91 Å². The van der Waals surface area contributed by atoms with Gasteiger partial charge in [-0.1, -0.05) is 6.07 Å². The van der Waals surface area contributed by atoms with Gasteiger partial charge < -0.3 is 11.1 Å². The van der Waals surface area contributed by atoms with Crippen LogP contribution >= 0.6 is 0 Å². The molecule has 0 aliphatic heterocycles. The molecule has 1 aromatic carbocycles. The number of hydrogen-bond donors (Lipinski definition) is 2. The highest BCUT2D eigenvalue weighted by Gasteiger charge is 2.31. The lowest BCUT2D eigenvalue weighted by molar-refractivity contribution is -0.137. The zero-order valence-electron chi connectivity index (χ0n) is 10.4. The van der Waals surface area contributed by atoms with Crippen LogP contribution in [0.3, 0.4) is 0 Å². The number of carbonyl (C=O) groups excluding carboxylic acids is 1. The van der Waals surface area contributed by atoms with Gasteiger partial charge in [-0.25, -0.2) is 4.39 Å². The number of benzene rings is 1. The molecule has 0 aliphatic carbocycles. The number of carbonyl (C=O) groups is 1. The third-order valence-corrected chi connectivity index (χ3v) is 2.61. The fraction of sp³-hybridized carbons (Fsp3) is 0.0769. The van der Waals surface area contributed by atoms with Crippen molar-refractivity contribution in [3.05, 3.63) is 53.6 Å². The van der Waals surface area contributed by atoms with Crippen LogP contribution in [-0.4, -0.2) is 10.9 Å². The van der Waals surface area contributed by atoms with Crippen molar-refractivity contribution in [1.82, 2.24) is 4.98 Å². The van der Waals surface area contributed by atoms with E-state index in [1.165, 1.54) is 12.1 Å². The van der Waals surface area contributed by atoms with Gasteiger partial charge in [0.2, 0.25) is 0 Å². The number of hydrogen-bond acceptors (Lipinski definition) is 3. The molecule has 0 unspecified atom stereocenters. The summed E-state index contributed by atoms with van der Waals surface area (Å²) in [7, 11) is 0. The first-order chi connectivity index (χ1) is 9.79. The van der Waals surface area contributed by atoms with E-state index in [-0.39, 0.29) is 17.1 Å². The summed E-state index contributed by atoms with van der Waals surface area (Å²) in [5.41, 5.74) is 3.99. The minimum Gasteiger partial charge on any atom is -0.397 e. The van der Waals surface area contributed by atoms with Gasteiger partial charge in [0.15, 0.2) is 0 Å². The standard InChI is InChI=1S/C13H9F4N3O/c14-8-2-1-3-9(18)11(8)20-12(21)10-5-4-7(6-19-10)13(15,16)17/h1-6H,18H2,(H,20,21). The summed E-state index contributed by atoms with van der Waals surface area (Å²) < 4.78 is 50.6. The molecule has 0 saturated carbocycles. The SMILES string of the molecule is Nc1cccc(F)c1NC(=O)c1ccc(C(F)(F)F)cn1. The van der Waals surface area contributed by atoms with E-state index >= 15 is 0 Å². The number of amides is 1. The van der Waals surface area contributed by atoms with E-state index in [0.29, 0.717) is 12.3 Å². The number of nitrogens with two attached hydrogens (primary N) is 1.